The number of nitrogens with zero attached hydrogens (tertiary/aromatic N) is 1. The Morgan fingerprint density at radius 2 is 2.00 bits per heavy atom. The minimum atomic E-state index is -0.312. The molecule has 1 aromatic carbocycles. The third-order valence-electron chi connectivity index (χ3n) is 2.39. The highest BCUT2D eigenvalue weighted by Crippen LogP contribution is 2.06. The van der Waals surface area contributed by atoms with Crippen molar-refractivity contribution in [3.05, 3.63) is 65.7 Å². The van der Waals surface area contributed by atoms with Crippen LogP contribution in [-0.4, -0.2) is 10.8 Å². The fourth-order valence-corrected chi connectivity index (χ4v) is 1.64. The second-order valence-corrected chi connectivity index (χ2v) is 3.84. The Morgan fingerprint density at radius 3 is 2.71 bits per heavy atom. The first-order chi connectivity index (χ1) is 8.24. The van der Waals surface area contributed by atoms with Gasteiger partial charge in [0.2, 0.25) is 0 Å². The van der Waals surface area contributed by atoms with Gasteiger partial charge >= 0.3 is 0 Å². The third kappa shape index (κ3) is 3.48. The van der Waals surface area contributed by atoms with Crippen molar-refractivity contribution >= 4 is 5.78 Å². The van der Waals surface area contributed by atoms with Gasteiger partial charge in [0.05, 0.1) is 0 Å². The number of ketones is 1. The smallest absolute Gasteiger partial charge is 0.143 e. The molecular weight excluding hydrogens is 217 g/mol. The lowest BCUT2D eigenvalue weighted by Crippen LogP contribution is -2.07. The average molecular weight is 229 g/mol. The number of carbonyl (C=O) groups excluding carboxylic acids is 1. The predicted octanol–water partition coefficient (Wildman–Crippen LogP) is 2.58. The molecule has 0 radical (unpaired) electrons. The third-order valence-corrected chi connectivity index (χ3v) is 2.39. The lowest BCUT2D eigenvalue weighted by atomic mass is 10.1. The van der Waals surface area contributed by atoms with E-state index >= 15 is 0 Å². The van der Waals surface area contributed by atoms with Gasteiger partial charge in [-0.25, -0.2) is 4.39 Å². The summed E-state index contributed by atoms with van der Waals surface area (Å²) < 4.78 is 12.9. The van der Waals surface area contributed by atoms with Gasteiger partial charge in [-0.05, 0) is 29.8 Å². The summed E-state index contributed by atoms with van der Waals surface area (Å²) >= 11 is 0. The molecule has 2 rings (SSSR count). The minimum Gasteiger partial charge on any atom is -0.299 e. The summed E-state index contributed by atoms with van der Waals surface area (Å²) in [7, 11) is 0. The summed E-state index contributed by atoms with van der Waals surface area (Å²) in [5, 5.41) is 0. The topological polar surface area (TPSA) is 30.0 Å². The molecule has 0 saturated carbocycles. The van der Waals surface area contributed by atoms with Crippen LogP contribution in [0.5, 0.6) is 0 Å². The lowest BCUT2D eigenvalue weighted by Gasteiger charge is -2.01. The monoisotopic (exact) mass is 229 g/mol. The number of rotatable bonds is 4. The fraction of sp³-hybridized carbons (Fsp3) is 0.143. The summed E-state index contributed by atoms with van der Waals surface area (Å²) in [5.41, 5.74) is 1.44. The van der Waals surface area contributed by atoms with Crippen molar-refractivity contribution in [2.45, 2.75) is 12.8 Å². The van der Waals surface area contributed by atoms with Gasteiger partial charge in [0.1, 0.15) is 11.6 Å². The molecule has 86 valence electrons. The molecule has 0 spiro atoms. The molecule has 0 fully saturated rings. The van der Waals surface area contributed by atoms with E-state index < -0.39 is 0 Å². The molecule has 3 heteroatoms. The van der Waals surface area contributed by atoms with Crippen molar-refractivity contribution < 1.29 is 9.18 Å². The van der Waals surface area contributed by atoms with Crippen LogP contribution >= 0.6 is 0 Å². The molecule has 0 amide bonds. The van der Waals surface area contributed by atoms with Crippen molar-refractivity contribution in [2.24, 2.45) is 0 Å². The second kappa shape index (κ2) is 5.34. The molecule has 1 heterocycles. The maximum absolute atomic E-state index is 12.9. The van der Waals surface area contributed by atoms with E-state index in [2.05, 4.69) is 4.98 Å². The van der Waals surface area contributed by atoms with Crippen molar-refractivity contribution in [3.63, 3.8) is 0 Å². The second-order valence-electron chi connectivity index (χ2n) is 3.84. The Hall–Kier alpha value is -2.03. The lowest BCUT2D eigenvalue weighted by molar-refractivity contribution is -0.117. The molecule has 17 heavy (non-hydrogen) atoms. The maximum atomic E-state index is 12.9. The van der Waals surface area contributed by atoms with Gasteiger partial charge in [0.15, 0.2) is 0 Å². The Morgan fingerprint density at radius 1 is 1.12 bits per heavy atom. The molecule has 0 aliphatic rings. The molecule has 1 aromatic heterocycles. The number of Topliss-reactive ketones (excluding diaryl/α,β-unsaturated/α-hetero) is 1. The highest BCUT2D eigenvalue weighted by molar-refractivity contribution is 5.82. The van der Waals surface area contributed by atoms with Crippen LogP contribution in [0.1, 0.15) is 11.3 Å². The fourth-order valence-electron chi connectivity index (χ4n) is 1.64. The SMILES string of the molecule is O=C(Cc1cccc(F)c1)Cc1ccccn1. The van der Waals surface area contributed by atoms with E-state index in [9.17, 15) is 9.18 Å². The first-order valence-corrected chi connectivity index (χ1v) is 5.40. The van der Waals surface area contributed by atoms with Gasteiger partial charge < -0.3 is 0 Å². The van der Waals surface area contributed by atoms with Crippen LogP contribution in [0.3, 0.4) is 0 Å². The Kier molecular flexibility index (Phi) is 3.60. The molecule has 0 atom stereocenters. The van der Waals surface area contributed by atoms with E-state index in [4.69, 9.17) is 0 Å². The zero-order valence-electron chi connectivity index (χ0n) is 9.27. The molecule has 0 saturated heterocycles. The zero-order chi connectivity index (χ0) is 12.1. The standard InChI is InChI=1S/C14H12FNO/c15-12-5-3-4-11(8-12)9-14(17)10-13-6-1-2-7-16-13/h1-8H,9-10H2. The summed E-state index contributed by atoms with van der Waals surface area (Å²) in [4.78, 5) is 15.8. The molecule has 0 unspecified atom stereocenters. The Bertz CT molecular complexity index is 511. The first-order valence-electron chi connectivity index (χ1n) is 5.40. The van der Waals surface area contributed by atoms with Crippen LogP contribution in [0.15, 0.2) is 48.7 Å². The van der Waals surface area contributed by atoms with Crippen LogP contribution < -0.4 is 0 Å². The van der Waals surface area contributed by atoms with Crippen molar-refractivity contribution in [3.8, 4) is 0 Å². The van der Waals surface area contributed by atoms with Crippen molar-refractivity contribution in [2.75, 3.05) is 0 Å². The van der Waals surface area contributed by atoms with Crippen molar-refractivity contribution in [1.29, 1.82) is 0 Å². The van der Waals surface area contributed by atoms with Gasteiger partial charge in [-0.2, -0.15) is 0 Å². The highest BCUT2D eigenvalue weighted by atomic mass is 19.1. The number of hydrogen-bond acceptors (Lipinski definition) is 2. The molecule has 0 N–H and O–H groups in total. The molecule has 0 aliphatic carbocycles. The molecule has 0 aliphatic heterocycles. The van der Waals surface area contributed by atoms with E-state index in [0.29, 0.717) is 5.56 Å². The van der Waals surface area contributed by atoms with Crippen LogP contribution in [0.4, 0.5) is 4.39 Å². The van der Waals surface area contributed by atoms with E-state index in [1.54, 1.807) is 24.4 Å². The molecule has 0 bridgehead atoms. The van der Waals surface area contributed by atoms with Crippen LogP contribution in [0, 0.1) is 5.82 Å². The number of pyridine rings is 1. The van der Waals surface area contributed by atoms with Crippen LogP contribution in [0.25, 0.3) is 0 Å². The first kappa shape index (κ1) is 11.5. The van der Waals surface area contributed by atoms with Crippen LogP contribution in [-0.2, 0) is 17.6 Å². The van der Waals surface area contributed by atoms with Gasteiger partial charge in [-0.3, -0.25) is 9.78 Å². The van der Waals surface area contributed by atoms with E-state index in [1.807, 2.05) is 12.1 Å². The number of halogens is 1. The van der Waals surface area contributed by atoms with Crippen molar-refractivity contribution in [1.82, 2.24) is 4.98 Å². The van der Waals surface area contributed by atoms with Crippen LogP contribution in [0.2, 0.25) is 0 Å². The van der Waals surface area contributed by atoms with E-state index in [-0.39, 0.29) is 24.4 Å². The maximum Gasteiger partial charge on any atom is 0.143 e. The summed E-state index contributed by atoms with van der Waals surface area (Å²) in [6, 6.07) is 11.6. The molecule has 2 aromatic rings. The predicted molar refractivity (Wildman–Crippen MR) is 63.1 cm³/mol. The molecular formula is C14H12FNO. The number of carbonyl (C=O) groups is 1. The number of benzene rings is 1. The highest BCUT2D eigenvalue weighted by Gasteiger charge is 2.06. The summed E-state index contributed by atoms with van der Waals surface area (Å²) in [6.07, 6.45) is 2.19. The van der Waals surface area contributed by atoms with E-state index in [1.165, 1.54) is 12.1 Å². The summed E-state index contributed by atoms with van der Waals surface area (Å²) in [6.45, 7) is 0. The number of hydrogen-bond donors (Lipinski definition) is 0. The average Bonchev–Trinajstić information content (AvgIpc) is 2.30. The zero-order valence-corrected chi connectivity index (χ0v) is 9.27. The van der Waals surface area contributed by atoms with Gasteiger partial charge in [0, 0.05) is 24.7 Å². The van der Waals surface area contributed by atoms with Gasteiger partial charge in [0.25, 0.3) is 0 Å². The normalized spacial score (nSPS) is 10.2. The Balaban J connectivity index is 1.98. The number of aromatic nitrogens is 1. The molecule has 2 nitrogen and oxygen atoms in total. The quantitative estimate of drug-likeness (QED) is 0.806. The van der Waals surface area contributed by atoms with Gasteiger partial charge in [-0.15, -0.1) is 0 Å². The minimum absolute atomic E-state index is 0.0364. The van der Waals surface area contributed by atoms with Gasteiger partial charge in [-0.1, -0.05) is 18.2 Å². The summed E-state index contributed by atoms with van der Waals surface area (Å²) in [5.74, 6) is -0.276. The largest absolute Gasteiger partial charge is 0.299 e. The van der Waals surface area contributed by atoms with E-state index in [0.717, 1.165) is 5.69 Å². The Labute approximate surface area is 99.1 Å².